The smallest absolute Gasteiger partial charge is 0.217 e. The number of unbranched alkanes of at least 4 members (excludes halogenated alkanes) is 11. The van der Waals surface area contributed by atoms with Crippen molar-refractivity contribution in [3.63, 3.8) is 0 Å². The third-order valence-corrected chi connectivity index (χ3v) is 3.68. The number of primary amides is 1. The van der Waals surface area contributed by atoms with Crippen LogP contribution in [-0.4, -0.2) is 5.91 Å². The summed E-state index contributed by atoms with van der Waals surface area (Å²) in [5, 5.41) is 0. The summed E-state index contributed by atoms with van der Waals surface area (Å²) in [6.45, 7) is 2.27. The molecule has 2 nitrogen and oxygen atoms in total. The summed E-state index contributed by atoms with van der Waals surface area (Å²) in [6.07, 6.45) is 21.9. The van der Waals surface area contributed by atoms with Crippen molar-refractivity contribution in [1.82, 2.24) is 0 Å². The van der Waals surface area contributed by atoms with Crippen LogP contribution >= 0.6 is 0 Å². The molecule has 0 aliphatic carbocycles. The van der Waals surface area contributed by atoms with Gasteiger partial charge in [0, 0.05) is 6.42 Å². The molecule has 0 aliphatic heterocycles. The van der Waals surface area contributed by atoms with Gasteiger partial charge in [-0.3, -0.25) is 4.79 Å². The van der Waals surface area contributed by atoms with Crippen LogP contribution in [0.5, 0.6) is 0 Å². The van der Waals surface area contributed by atoms with E-state index in [4.69, 9.17) is 5.73 Å². The summed E-state index contributed by atoms with van der Waals surface area (Å²) in [5.74, 6) is -0.167. The molecule has 0 spiro atoms. The second-order valence-corrected chi connectivity index (χ2v) is 5.80. The highest BCUT2D eigenvalue weighted by Crippen LogP contribution is 2.09. The first-order chi connectivity index (χ1) is 9.77. The summed E-state index contributed by atoms with van der Waals surface area (Å²) < 4.78 is 0. The van der Waals surface area contributed by atoms with Gasteiger partial charge in [0.1, 0.15) is 0 Å². The van der Waals surface area contributed by atoms with Gasteiger partial charge in [0.25, 0.3) is 0 Å². The minimum Gasteiger partial charge on any atom is -0.370 e. The Labute approximate surface area is 126 Å². The third kappa shape index (κ3) is 17.2. The maximum absolute atomic E-state index is 10.5. The predicted octanol–water partition coefficient (Wildman–Crippen LogP) is 5.51. The fraction of sp³-hybridized carbons (Fsp3) is 0.833. The first kappa shape index (κ1) is 19.2. The zero-order chi connectivity index (χ0) is 14.9. The van der Waals surface area contributed by atoms with Crippen LogP contribution in [-0.2, 0) is 4.79 Å². The van der Waals surface area contributed by atoms with Crippen LogP contribution in [0.15, 0.2) is 12.2 Å². The number of allylic oxidation sites excluding steroid dienone is 2. The highest BCUT2D eigenvalue weighted by molar-refractivity contribution is 5.73. The van der Waals surface area contributed by atoms with Crippen molar-refractivity contribution >= 4 is 5.91 Å². The number of nitrogens with two attached hydrogens (primary N) is 1. The van der Waals surface area contributed by atoms with Crippen LogP contribution in [0.2, 0.25) is 0 Å². The lowest BCUT2D eigenvalue weighted by molar-refractivity contribution is -0.118. The second-order valence-electron chi connectivity index (χ2n) is 5.80. The molecule has 0 radical (unpaired) electrons. The quantitative estimate of drug-likeness (QED) is 0.312. The maximum Gasteiger partial charge on any atom is 0.217 e. The summed E-state index contributed by atoms with van der Waals surface area (Å²) in [6, 6.07) is 0. The Bertz CT molecular complexity index is 236. The molecule has 0 aromatic heterocycles. The van der Waals surface area contributed by atoms with Crippen molar-refractivity contribution in [3.8, 4) is 0 Å². The molecule has 2 N–H and O–H groups in total. The van der Waals surface area contributed by atoms with E-state index in [1.807, 2.05) is 0 Å². The number of hydrogen-bond donors (Lipinski definition) is 1. The van der Waals surface area contributed by atoms with Crippen molar-refractivity contribution < 1.29 is 4.79 Å². The molecule has 2 heteroatoms. The van der Waals surface area contributed by atoms with E-state index in [-0.39, 0.29) is 5.91 Å². The van der Waals surface area contributed by atoms with Gasteiger partial charge in [0.2, 0.25) is 5.91 Å². The molecule has 0 saturated carbocycles. The van der Waals surface area contributed by atoms with E-state index in [1.165, 1.54) is 70.6 Å². The van der Waals surface area contributed by atoms with Crippen molar-refractivity contribution in [2.45, 2.75) is 96.8 Å². The Kier molecular flexibility index (Phi) is 15.6. The summed E-state index contributed by atoms with van der Waals surface area (Å²) in [7, 11) is 0. The van der Waals surface area contributed by atoms with Gasteiger partial charge >= 0.3 is 0 Å². The number of carbonyl (C=O) groups is 1. The van der Waals surface area contributed by atoms with Crippen LogP contribution in [0, 0.1) is 0 Å². The monoisotopic (exact) mass is 281 g/mol. The Morgan fingerprint density at radius 2 is 1.20 bits per heavy atom. The molecule has 0 fully saturated rings. The van der Waals surface area contributed by atoms with Gasteiger partial charge < -0.3 is 5.73 Å². The first-order valence-corrected chi connectivity index (χ1v) is 8.70. The normalized spacial score (nSPS) is 11.2. The van der Waals surface area contributed by atoms with Gasteiger partial charge in [-0.15, -0.1) is 0 Å². The minimum absolute atomic E-state index is 0.167. The fourth-order valence-electron chi connectivity index (χ4n) is 2.37. The second kappa shape index (κ2) is 16.3. The van der Waals surface area contributed by atoms with Crippen LogP contribution in [0.3, 0.4) is 0 Å². The van der Waals surface area contributed by atoms with Gasteiger partial charge in [-0.1, -0.05) is 70.4 Å². The first-order valence-electron chi connectivity index (χ1n) is 8.70. The standard InChI is InChI=1S/C18H35NO/c1-2-3-4-5-6-7-8-9-10-11-12-13-14-15-16-17-18(19)20/h10-11H,2-9,12-17H2,1H3,(H2,19,20). The Balaban J connectivity index is 3.07. The molecule has 0 aliphatic rings. The summed E-state index contributed by atoms with van der Waals surface area (Å²) in [5.41, 5.74) is 5.10. The Morgan fingerprint density at radius 1 is 0.750 bits per heavy atom. The molecule has 20 heavy (non-hydrogen) atoms. The molecule has 0 atom stereocenters. The molecule has 1 amide bonds. The van der Waals surface area contributed by atoms with E-state index in [2.05, 4.69) is 19.1 Å². The Morgan fingerprint density at radius 3 is 1.70 bits per heavy atom. The molecule has 118 valence electrons. The molecule has 0 bridgehead atoms. The van der Waals surface area contributed by atoms with Gasteiger partial charge in [-0.05, 0) is 32.1 Å². The van der Waals surface area contributed by atoms with Gasteiger partial charge in [-0.25, -0.2) is 0 Å². The van der Waals surface area contributed by atoms with Crippen LogP contribution in [0.1, 0.15) is 96.8 Å². The predicted molar refractivity (Wildman–Crippen MR) is 88.6 cm³/mol. The molecule has 0 aromatic rings. The van der Waals surface area contributed by atoms with E-state index in [0.29, 0.717) is 6.42 Å². The number of amides is 1. The number of carbonyl (C=O) groups excluding carboxylic acids is 1. The van der Waals surface area contributed by atoms with E-state index < -0.39 is 0 Å². The number of hydrogen-bond acceptors (Lipinski definition) is 1. The van der Waals surface area contributed by atoms with Crippen molar-refractivity contribution in [2.24, 2.45) is 5.73 Å². The lowest BCUT2D eigenvalue weighted by Crippen LogP contribution is -2.09. The van der Waals surface area contributed by atoms with Gasteiger partial charge in [0.15, 0.2) is 0 Å². The molecule has 0 rings (SSSR count). The maximum atomic E-state index is 10.5. The highest BCUT2D eigenvalue weighted by Gasteiger charge is 1.93. The fourth-order valence-corrected chi connectivity index (χ4v) is 2.37. The number of rotatable bonds is 15. The van der Waals surface area contributed by atoms with Crippen LogP contribution < -0.4 is 5.73 Å². The zero-order valence-corrected chi connectivity index (χ0v) is 13.5. The molecule has 0 unspecified atom stereocenters. The summed E-state index contributed by atoms with van der Waals surface area (Å²) in [4.78, 5) is 10.5. The van der Waals surface area contributed by atoms with E-state index in [9.17, 15) is 4.79 Å². The topological polar surface area (TPSA) is 43.1 Å². The lowest BCUT2D eigenvalue weighted by Gasteiger charge is -1.99. The van der Waals surface area contributed by atoms with Crippen LogP contribution in [0.4, 0.5) is 0 Å². The van der Waals surface area contributed by atoms with Crippen molar-refractivity contribution in [2.75, 3.05) is 0 Å². The molecule has 0 heterocycles. The largest absolute Gasteiger partial charge is 0.370 e. The van der Waals surface area contributed by atoms with Crippen LogP contribution in [0.25, 0.3) is 0 Å². The van der Waals surface area contributed by atoms with Gasteiger partial charge in [0.05, 0.1) is 0 Å². The highest BCUT2D eigenvalue weighted by atomic mass is 16.1. The van der Waals surface area contributed by atoms with Crippen molar-refractivity contribution in [1.29, 1.82) is 0 Å². The van der Waals surface area contributed by atoms with E-state index in [0.717, 1.165) is 12.8 Å². The SMILES string of the molecule is CCCCCCCCCC=CCCCCCCC(N)=O. The van der Waals surface area contributed by atoms with Gasteiger partial charge in [-0.2, -0.15) is 0 Å². The molecule has 0 saturated heterocycles. The minimum atomic E-state index is -0.167. The van der Waals surface area contributed by atoms with E-state index >= 15 is 0 Å². The Hall–Kier alpha value is -0.790. The molecular weight excluding hydrogens is 246 g/mol. The molecule has 0 aromatic carbocycles. The molecular formula is C18H35NO. The van der Waals surface area contributed by atoms with Crippen molar-refractivity contribution in [3.05, 3.63) is 12.2 Å². The third-order valence-electron chi connectivity index (χ3n) is 3.68. The average Bonchev–Trinajstić information content (AvgIpc) is 2.43. The average molecular weight is 281 g/mol. The summed E-state index contributed by atoms with van der Waals surface area (Å²) >= 11 is 0. The zero-order valence-electron chi connectivity index (χ0n) is 13.5. The van der Waals surface area contributed by atoms with E-state index in [1.54, 1.807) is 0 Å². The lowest BCUT2D eigenvalue weighted by atomic mass is 10.1.